The predicted octanol–water partition coefficient (Wildman–Crippen LogP) is 3.71. The summed E-state index contributed by atoms with van der Waals surface area (Å²) in [5, 5.41) is 5.57. The summed E-state index contributed by atoms with van der Waals surface area (Å²) in [7, 11) is 2.00. The third kappa shape index (κ3) is 4.82. The summed E-state index contributed by atoms with van der Waals surface area (Å²) in [5.41, 5.74) is 4.58. The molecule has 202 valence electrons. The van der Waals surface area contributed by atoms with Crippen molar-refractivity contribution >= 4 is 45.4 Å². The lowest BCUT2D eigenvalue weighted by atomic mass is 10.1. The Morgan fingerprint density at radius 2 is 1.90 bits per heavy atom. The fourth-order valence-corrected chi connectivity index (χ4v) is 6.14. The van der Waals surface area contributed by atoms with E-state index in [4.69, 9.17) is 9.97 Å². The molecule has 0 radical (unpaired) electrons. The SMILES string of the molecule is CCc1nc2ccc(N3CCN(C(=O)C4CNC(=O)C4)CC3)cn2c1N(C)c1nc(-c2ccc(F)cc2)cs1. The van der Waals surface area contributed by atoms with Crippen LogP contribution < -0.4 is 15.1 Å². The summed E-state index contributed by atoms with van der Waals surface area (Å²) in [5.74, 6) is 0.472. The van der Waals surface area contributed by atoms with Crippen LogP contribution in [0.25, 0.3) is 16.9 Å². The van der Waals surface area contributed by atoms with Gasteiger partial charge < -0.3 is 20.0 Å². The van der Waals surface area contributed by atoms with Crippen molar-refractivity contribution in [3.8, 4) is 11.3 Å². The van der Waals surface area contributed by atoms with Crippen molar-refractivity contribution in [1.82, 2.24) is 24.6 Å². The van der Waals surface area contributed by atoms with Gasteiger partial charge >= 0.3 is 0 Å². The molecule has 1 unspecified atom stereocenters. The number of benzene rings is 1. The van der Waals surface area contributed by atoms with E-state index >= 15 is 0 Å². The number of piperazine rings is 1. The standard InChI is InChI=1S/C28H30FN7O2S/c1-3-22-26(33(2)28-32-23(17-39-28)18-4-6-20(29)7-5-18)36-16-21(8-9-24(36)31-22)34-10-12-35(13-11-34)27(38)19-14-25(37)30-15-19/h4-9,16-17,19H,3,10-15H2,1-2H3,(H,30,37). The predicted molar refractivity (Wildman–Crippen MR) is 150 cm³/mol. The van der Waals surface area contributed by atoms with Crippen molar-refractivity contribution in [2.75, 3.05) is 49.6 Å². The molecule has 2 aliphatic rings. The number of fused-ring (bicyclic) bond motifs is 1. The minimum Gasteiger partial charge on any atom is -0.367 e. The molecule has 39 heavy (non-hydrogen) atoms. The third-order valence-electron chi connectivity index (χ3n) is 7.50. The smallest absolute Gasteiger partial charge is 0.228 e. The van der Waals surface area contributed by atoms with Gasteiger partial charge in [-0.1, -0.05) is 6.92 Å². The molecule has 2 saturated heterocycles. The van der Waals surface area contributed by atoms with Crippen LogP contribution >= 0.6 is 11.3 Å². The van der Waals surface area contributed by atoms with Gasteiger partial charge in [0.15, 0.2) is 5.13 Å². The molecule has 11 heteroatoms. The molecule has 9 nitrogen and oxygen atoms in total. The molecule has 0 bridgehead atoms. The fraction of sp³-hybridized carbons (Fsp3) is 0.357. The summed E-state index contributed by atoms with van der Waals surface area (Å²) < 4.78 is 15.5. The number of amides is 2. The van der Waals surface area contributed by atoms with Gasteiger partial charge in [0.2, 0.25) is 11.8 Å². The van der Waals surface area contributed by atoms with Crippen LogP contribution in [0, 0.1) is 11.7 Å². The van der Waals surface area contributed by atoms with Crippen molar-refractivity contribution in [3.05, 3.63) is 59.5 Å². The van der Waals surface area contributed by atoms with E-state index in [0.29, 0.717) is 19.6 Å². The molecule has 2 fully saturated rings. The Hall–Kier alpha value is -3.99. The van der Waals surface area contributed by atoms with Crippen LogP contribution in [0.4, 0.5) is 21.0 Å². The molecule has 3 aromatic heterocycles. The van der Waals surface area contributed by atoms with Crippen molar-refractivity contribution in [1.29, 1.82) is 0 Å². The maximum absolute atomic E-state index is 13.4. The lowest BCUT2D eigenvalue weighted by Crippen LogP contribution is -2.50. The number of aromatic nitrogens is 3. The van der Waals surface area contributed by atoms with E-state index in [-0.39, 0.29) is 30.0 Å². The van der Waals surface area contributed by atoms with Gasteiger partial charge in [-0.15, -0.1) is 11.3 Å². The highest BCUT2D eigenvalue weighted by atomic mass is 32.1. The number of carbonyl (C=O) groups excluding carboxylic acids is 2. The molecule has 0 aliphatic carbocycles. The average Bonchev–Trinajstić information content (AvgIpc) is 3.71. The molecule has 0 spiro atoms. The number of hydrogen-bond acceptors (Lipinski definition) is 7. The van der Waals surface area contributed by atoms with Crippen LogP contribution in [0.1, 0.15) is 19.0 Å². The number of aryl methyl sites for hydroxylation is 1. The van der Waals surface area contributed by atoms with Crippen molar-refractivity contribution in [2.24, 2.45) is 5.92 Å². The number of nitrogens with zero attached hydrogens (tertiary/aromatic N) is 6. The van der Waals surface area contributed by atoms with E-state index in [2.05, 4.69) is 38.7 Å². The van der Waals surface area contributed by atoms with E-state index in [1.165, 1.54) is 23.5 Å². The van der Waals surface area contributed by atoms with E-state index < -0.39 is 0 Å². The number of thiazole rings is 1. The lowest BCUT2D eigenvalue weighted by molar-refractivity contribution is -0.136. The van der Waals surface area contributed by atoms with Gasteiger partial charge in [-0.05, 0) is 42.8 Å². The first kappa shape index (κ1) is 25.3. The molecule has 6 rings (SSSR count). The molecule has 1 aromatic carbocycles. The third-order valence-corrected chi connectivity index (χ3v) is 8.42. The van der Waals surface area contributed by atoms with Crippen molar-refractivity contribution in [3.63, 3.8) is 0 Å². The molecular formula is C28H30FN7O2S. The second-order valence-corrected chi connectivity index (χ2v) is 10.8. The van der Waals surface area contributed by atoms with E-state index in [0.717, 1.165) is 58.7 Å². The number of anilines is 3. The minimum atomic E-state index is -0.268. The molecule has 2 aliphatic heterocycles. The first-order valence-corrected chi connectivity index (χ1v) is 14.1. The zero-order chi connectivity index (χ0) is 27.1. The Morgan fingerprint density at radius 1 is 1.13 bits per heavy atom. The minimum absolute atomic E-state index is 0.0442. The van der Waals surface area contributed by atoms with Crippen LogP contribution in [0.3, 0.4) is 0 Å². The molecule has 1 N–H and O–H groups in total. The van der Waals surface area contributed by atoms with Crippen LogP contribution in [-0.4, -0.2) is 70.9 Å². The number of rotatable bonds is 6. The Bertz CT molecular complexity index is 1520. The highest BCUT2D eigenvalue weighted by molar-refractivity contribution is 7.14. The molecule has 2 amide bonds. The maximum Gasteiger partial charge on any atom is 0.228 e. The van der Waals surface area contributed by atoms with Gasteiger partial charge in [0.25, 0.3) is 0 Å². The van der Waals surface area contributed by atoms with Crippen LogP contribution in [0.2, 0.25) is 0 Å². The lowest BCUT2D eigenvalue weighted by Gasteiger charge is -2.37. The van der Waals surface area contributed by atoms with Crippen molar-refractivity contribution in [2.45, 2.75) is 19.8 Å². The number of pyridine rings is 1. The zero-order valence-corrected chi connectivity index (χ0v) is 22.7. The first-order chi connectivity index (χ1) is 18.9. The monoisotopic (exact) mass is 547 g/mol. The molecule has 1 atom stereocenters. The largest absolute Gasteiger partial charge is 0.367 e. The normalized spacial score (nSPS) is 17.6. The first-order valence-electron chi connectivity index (χ1n) is 13.2. The molecule has 4 aromatic rings. The average molecular weight is 548 g/mol. The summed E-state index contributed by atoms with van der Waals surface area (Å²) in [4.78, 5) is 40.3. The van der Waals surface area contributed by atoms with Crippen LogP contribution in [-0.2, 0) is 16.0 Å². The summed E-state index contributed by atoms with van der Waals surface area (Å²) in [6.07, 6.45) is 3.17. The number of imidazole rings is 1. The molecule has 5 heterocycles. The summed E-state index contributed by atoms with van der Waals surface area (Å²) in [6.45, 7) is 5.23. The van der Waals surface area contributed by atoms with Gasteiger partial charge in [-0.2, -0.15) is 0 Å². The second-order valence-electron chi connectivity index (χ2n) is 9.95. The fourth-order valence-electron chi connectivity index (χ4n) is 5.33. The Morgan fingerprint density at radius 3 is 2.59 bits per heavy atom. The quantitative estimate of drug-likeness (QED) is 0.396. The highest BCUT2D eigenvalue weighted by Gasteiger charge is 2.33. The van der Waals surface area contributed by atoms with Gasteiger partial charge in [0.1, 0.15) is 17.3 Å². The topological polar surface area (TPSA) is 86.1 Å². The summed E-state index contributed by atoms with van der Waals surface area (Å²) in [6, 6.07) is 10.5. The zero-order valence-electron chi connectivity index (χ0n) is 21.9. The van der Waals surface area contributed by atoms with Gasteiger partial charge in [0, 0.05) is 63.3 Å². The van der Waals surface area contributed by atoms with Crippen LogP contribution in [0.5, 0.6) is 0 Å². The van der Waals surface area contributed by atoms with Gasteiger partial charge in [0.05, 0.1) is 23.0 Å². The van der Waals surface area contributed by atoms with Crippen LogP contribution in [0.15, 0.2) is 48.0 Å². The van der Waals surface area contributed by atoms with E-state index in [1.54, 1.807) is 12.1 Å². The van der Waals surface area contributed by atoms with Gasteiger partial charge in [-0.25, -0.2) is 14.4 Å². The maximum atomic E-state index is 13.4. The Labute approximate surface area is 229 Å². The molecule has 0 saturated carbocycles. The Kier molecular flexibility index (Phi) is 6.68. The second kappa shape index (κ2) is 10.3. The number of hydrogen-bond donors (Lipinski definition) is 1. The van der Waals surface area contributed by atoms with Crippen molar-refractivity contribution < 1.29 is 14.0 Å². The van der Waals surface area contributed by atoms with E-state index in [9.17, 15) is 14.0 Å². The highest BCUT2D eigenvalue weighted by Crippen LogP contribution is 2.34. The number of halogens is 1. The van der Waals surface area contributed by atoms with Gasteiger partial charge in [-0.3, -0.25) is 14.0 Å². The summed E-state index contributed by atoms with van der Waals surface area (Å²) >= 11 is 1.53. The molecular weight excluding hydrogens is 517 g/mol. The number of carbonyl (C=O) groups is 2. The van der Waals surface area contributed by atoms with E-state index in [1.807, 2.05) is 23.4 Å². The number of nitrogens with one attached hydrogen (secondary N) is 1. The Balaban J connectivity index is 1.23.